The van der Waals surface area contributed by atoms with E-state index < -0.39 is 0 Å². The van der Waals surface area contributed by atoms with E-state index in [1.54, 1.807) is 29.2 Å². The fraction of sp³-hybridized carbons (Fsp3) is 0.263. The molecular formula is C19H19ClN2O3. The Kier molecular flexibility index (Phi) is 5.36. The summed E-state index contributed by atoms with van der Waals surface area (Å²) in [6.07, 6.45) is 1.82. The predicted octanol–water partition coefficient (Wildman–Crippen LogP) is 3.52. The van der Waals surface area contributed by atoms with Gasteiger partial charge < -0.3 is 15.0 Å². The number of nitrogens with zero attached hydrogens (tertiary/aromatic N) is 1. The van der Waals surface area contributed by atoms with Crippen molar-refractivity contribution in [1.82, 2.24) is 0 Å². The Morgan fingerprint density at radius 3 is 2.84 bits per heavy atom. The molecular weight excluding hydrogens is 340 g/mol. The molecule has 3 rings (SSSR count). The van der Waals surface area contributed by atoms with Gasteiger partial charge in [-0.2, -0.15) is 0 Å². The summed E-state index contributed by atoms with van der Waals surface area (Å²) in [7, 11) is 1.50. The molecule has 2 amide bonds. The molecule has 2 aromatic carbocycles. The molecule has 1 N–H and O–H groups in total. The van der Waals surface area contributed by atoms with Crippen LogP contribution in [0.2, 0.25) is 5.02 Å². The number of halogens is 1. The molecule has 0 bridgehead atoms. The van der Waals surface area contributed by atoms with Crippen molar-refractivity contribution in [2.24, 2.45) is 0 Å². The third kappa shape index (κ3) is 4.00. The quantitative estimate of drug-likeness (QED) is 0.909. The van der Waals surface area contributed by atoms with Crippen molar-refractivity contribution in [3.8, 4) is 0 Å². The number of nitrogens with one attached hydrogen (secondary N) is 1. The van der Waals surface area contributed by atoms with Crippen LogP contribution in [0.1, 0.15) is 22.3 Å². The van der Waals surface area contributed by atoms with E-state index in [0.717, 1.165) is 24.1 Å². The third-order valence-electron chi connectivity index (χ3n) is 4.12. The molecule has 5 nitrogen and oxygen atoms in total. The standard InChI is InChI=1S/C19H19ClN2O3/c1-25-12-18(23)22-9-3-5-13-7-8-16(11-17(13)22)21-19(24)14-4-2-6-15(20)10-14/h2,4,6-8,10-11H,3,5,9,12H2,1H3,(H,21,24). The van der Waals surface area contributed by atoms with Gasteiger partial charge in [0.05, 0.1) is 0 Å². The maximum Gasteiger partial charge on any atom is 0.255 e. The van der Waals surface area contributed by atoms with E-state index in [2.05, 4.69) is 5.32 Å². The average molecular weight is 359 g/mol. The van der Waals surface area contributed by atoms with Crippen LogP contribution in [0.4, 0.5) is 11.4 Å². The lowest BCUT2D eigenvalue weighted by molar-refractivity contribution is -0.122. The van der Waals surface area contributed by atoms with Crippen molar-refractivity contribution in [3.05, 3.63) is 58.6 Å². The highest BCUT2D eigenvalue weighted by molar-refractivity contribution is 6.31. The predicted molar refractivity (Wildman–Crippen MR) is 98.4 cm³/mol. The van der Waals surface area contributed by atoms with Crippen molar-refractivity contribution >= 4 is 34.8 Å². The number of aryl methyl sites for hydroxylation is 1. The van der Waals surface area contributed by atoms with Crippen LogP contribution in [-0.4, -0.2) is 32.1 Å². The van der Waals surface area contributed by atoms with Crippen LogP contribution < -0.4 is 10.2 Å². The smallest absolute Gasteiger partial charge is 0.255 e. The van der Waals surface area contributed by atoms with E-state index in [0.29, 0.717) is 22.8 Å². The van der Waals surface area contributed by atoms with E-state index in [4.69, 9.17) is 16.3 Å². The molecule has 2 aromatic rings. The number of carbonyl (C=O) groups excluding carboxylic acids is 2. The number of hydrogen-bond acceptors (Lipinski definition) is 3. The molecule has 1 aliphatic rings. The summed E-state index contributed by atoms with van der Waals surface area (Å²) >= 11 is 5.93. The van der Waals surface area contributed by atoms with Crippen LogP contribution in [0, 0.1) is 0 Å². The molecule has 0 atom stereocenters. The average Bonchev–Trinajstić information content (AvgIpc) is 2.61. The molecule has 0 aliphatic carbocycles. The Morgan fingerprint density at radius 1 is 1.24 bits per heavy atom. The van der Waals surface area contributed by atoms with E-state index in [1.165, 1.54) is 7.11 Å². The fourth-order valence-corrected chi connectivity index (χ4v) is 3.14. The SMILES string of the molecule is COCC(=O)N1CCCc2ccc(NC(=O)c3cccc(Cl)c3)cc21. The number of anilines is 2. The van der Waals surface area contributed by atoms with Crippen molar-refractivity contribution in [2.75, 3.05) is 30.5 Å². The van der Waals surface area contributed by atoms with Crippen molar-refractivity contribution in [2.45, 2.75) is 12.8 Å². The topological polar surface area (TPSA) is 58.6 Å². The monoisotopic (exact) mass is 358 g/mol. The zero-order chi connectivity index (χ0) is 17.8. The number of amides is 2. The first-order valence-electron chi connectivity index (χ1n) is 8.07. The Labute approximate surface area is 151 Å². The molecule has 6 heteroatoms. The van der Waals surface area contributed by atoms with Crippen LogP contribution >= 0.6 is 11.6 Å². The molecule has 1 aliphatic heterocycles. The van der Waals surface area contributed by atoms with Crippen LogP contribution in [0.3, 0.4) is 0 Å². The number of fused-ring (bicyclic) bond motifs is 1. The van der Waals surface area contributed by atoms with Crippen LogP contribution in [-0.2, 0) is 16.0 Å². The normalized spacial score (nSPS) is 13.3. The van der Waals surface area contributed by atoms with Gasteiger partial charge >= 0.3 is 0 Å². The molecule has 0 saturated carbocycles. The number of ether oxygens (including phenoxy) is 1. The second kappa shape index (κ2) is 7.68. The van der Waals surface area contributed by atoms with E-state index >= 15 is 0 Å². The summed E-state index contributed by atoms with van der Waals surface area (Å²) < 4.78 is 4.96. The minimum atomic E-state index is -0.243. The maximum atomic E-state index is 12.4. The largest absolute Gasteiger partial charge is 0.375 e. The first-order valence-corrected chi connectivity index (χ1v) is 8.45. The molecule has 0 unspecified atom stereocenters. The second-order valence-corrected chi connectivity index (χ2v) is 6.33. The lowest BCUT2D eigenvalue weighted by atomic mass is 10.0. The molecule has 0 spiro atoms. The van der Waals surface area contributed by atoms with Crippen molar-refractivity contribution < 1.29 is 14.3 Å². The Balaban J connectivity index is 1.83. The van der Waals surface area contributed by atoms with E-state index in [-0.39, 0.29) is 18.4 Å². The fourth-order valence-electron chi connectivity index (χ4n) is 2.95. The third-order valence-corrected chi connectivity index (χ3v) is 4.35. The first-order chi connectivity index (χ1) is 12.1. The minimum Gasteiger partial charge on any atom is -0.375 e. The van der Waals surface area contributed by atoms with Crippen molar-refractivity contribution in [1.29, 1.82) is 0 Å². The number of methoxy groups -OCH3 is 1. The number of rotatable bonds is 4. The molecule has 0 radical (unpaired) electrons. The van der Waals surface area contributed by atoms with E-state index in [9.17, 15) is 9.59 Å². The highest BCUT2D eigenvalue weighted by Gasteiger charge is 2.23. The summed E-state index contributed by atoms with van der Waals surface area (Å²) in [5.74, 6) is -0.324. The van der Waals surface area contributed by atoms with Crippen molar-refractivity contribution in [3.63, 3.8) is 0 Å². The van der Waals surface area contributed by atoms with Crippen LogP contribution in [0.15, 0.2) is 42.5 Å². The van der Waals surface area contributed by atoms with E-state index in [1.807, 2.05) is 18.2 Å². The summed E-state index contributed by atoms with van der Waals surface area (Å²) in [4.78, 5) is 26.4. The zero-order valence-electron chi connectivity index (χ0n) is 13.9. The van der Waals surface area contributed by atoms with Crippen LogP contribution in [0.25, 0.3) is 0 Å². The van der Waals surface area contributed by atoms with Gasteiger partial charge in [0.25, 0.3) is 11.8 Å². The lowest BCUT2D eigenvalue weighted by Gasteiger charge is -2.29. The van der Waals surface area contributed by atoms with Crippen LogP contribution in [0.5, 0.6) is 0 Å². The Morgan fingerprint density at radius 2 is 2.08 bits per heavy atom. The number of hydrogen-bond donors (Lipinski definition) is 1. The van der Waals surface area contributed by atoms with Gasteiger partial charge in [0.1, 0.15) is 6.61 Å². The van der Waals surface area contributed by atoms with Gasteiger partial charge in [0.15, 0.2) is 0 Å². The van der Waals surface area contributed by atoms with Gasteiger partial charge in [-0.15, -0.1) is 0 Å². The molecule has 0 saturated heterocycles. The molecule has 130 valence electrons. The minimum absolute atomic E-state index is 0.0402. The highest BCUT2D eigenvalue weighted by Crippen LogP contribution is 2.30. The summed E-state index contributed by atoms with van der Waals surface area (Å²) in [5, 5.41) is 3.37. The number of carbonyl (C=O) groups is 2. The van der Waals surface area contributed by atoms with Gasteiger partial charge in [0.2, 0.25) is 0 Å². The second-order valence-electron chi connectivity index (χ2n) is 5.89. The number of benzene rings is 2. The summed E-state index contributed by atoms with van der Waals surface area (Å²) in [6.45, 7) is 0.694. The molecule has 1 heterocycles. The van der Waals surface area contributed by atoms with Gasteiger partial charge in [-0.25, -0.2) is 0 Å². The molecule has 25 heavy (non-hydrogen) atoms. The zero-order valence-corrected chi connectivity index (χ0v) is 14.7. The maximum absolute atomic E-state index is 12.4. The van der Waals surface area contributed by atoms with Gasteiger partial charge in [-0.1, -0.05) is 23.7 Å². The molecule has 0 aromatic heterocycles. The summed E-state index contributed by atoms with van der Waals surface area (Å²) in [5.41, 5.74) is 3.05. The summed E-state index contributed by atoms with van der Waals surface area (Å²) in [6, 6.07) is 12.4. The Bertz CT molecular complexity index is 807. The molecule has 0 fully saturated rings. The Hall–Kier alpha value is -2.37. The lowest BCUT2D eigenvalue weighted by Crippen LogP contribution is -2.37. The van der Waals surface area contributed by atoms with Gasteiger partial charge in [-0.3, -0.25) is 9.59 Å². The highest BCUT2D eigenvalue weighted by atomic mass is 35.5. The van der Waals surface area contributed by atoms with Gasteiger partial charge in [-0.05, 0) is 48.7 Å². The van der Waals surface area contributed by atoms with Gasteiger partial charge in [0, 0.05) is 35.6 Å². The first kappa shape index (κ1) is 17.5.